The number of rotatable bonds is 4. The van der Waals surface area contributed by atoms with Crippen molar-refractivity contribution in [2.45, 2.75) is 6.92 Å². The maximum absolute atomic E-state index is 12.9. The highest BCUT2D eigenvalue weighted by atomic mass is 127. The molecule has 27 heavy (non-hydrogen) atoms. The molecule has 9 heteroatoms. The highest BCUT2D eigenvalue weighted by Gasteiger charge is 2.21. The summed E-state index contributed by atoms with van der Waals surface area (Å²) >= 11 is 1.93. The number of para-hydroxylation sites is 1. The molecule has 0 saturated heterocycles. The highest BCUT2D eigenvalue weighted by Crippen LogP contribution is 2.21. The summed E-state index contributed by atoms with van der Waals surface area (Å²) in [6.07, 6.45) is 0. The third-order valence-electron chi connectivity index (χ3n) is 4.20. The predicted molar refractivity (Wildman–Crippen MR) is 110 cm³/mol. The summed E-state index contributed by atoms with van der Waals surface area (Å²) in [6, 6.07) is 13.1. The Morgan fingerprint density at radius 3 is 2.48 bits per heavy atom. The lowest BCUT2D eigenvalue weighted by molar-refractivity contribution is -0.384. The number of hydrogen-bond acceptors (Lipinski definition) is 4. The zero-order valence-corrected chi connectivity index (χ0v) is 16.6. The van der Waals surface area contributed by atoms with Gasteiger partial charge in [0.2, 0.25) is 0 Å². The SMILES string of the molecule is Cc1c(NC(=O)c2cc([N+](=O)[O-])ccc2I)c(=O)n(-c2ccccc2)n1C. The molecule has 1 N–H and O–H groups in total. The molecule has 0 aliphatic rings. The standard InChI is InChI=1S/C18H15IN4O4/c1-11-16(18(25)22(21(11)2)12-6-4-3-5-7-12)20-17(24)14-10-13(23(26)27)8-9-15(14)19/h3-10H,1-2H3,(H,20,24). The summed E-state index contributed by atoms with van der Waals surface area (Å²) in [5.41, 5.74) is 0.936. The molecule has 0 radical (unpaired) electrons. The number of nitro groups is 1. The van der Waals surface area contributed by atoms with Gasteiger partial charge in [-0.05, 0) is 47.7 Å². The van der Waals surface area contributed by atoms with Crippen molar-refractivity contribution >= 4 is 39.9 Å². The second-order valence-corrected chi connectivity index (χ2v) is 6.97. The molecule has 0 fully saturated rings. The third kappa shape index (κ3) is 3.50. The molecule has 3 rings (SSSR count). The van der Waals surface area contributed by atoms with Crippen LogP contribution in [0.5, 0.6) is 0 Å². The molecule has 0 bridgehead atoms. The summed E-state index contributed by atoms with van der Waals surface area (Å²) in [7, 11) is 1.72. The summed E-state index contributed by atoms with van der Waals surface area (Å²) in [5, 5.41) is 13.6. The van der Waals surface area contributed by atoms with Crippen LogP contribution in [0.4, 0.5) is 11.4 Å². The molecule has 0 aliphatic carbocycles. The Morgan fingerprint density at radius 1 is 1.19 bits per heavy atom. The maximum Gasteiger partial charge on any atom is 0.295 e. The normalized spacial score (nSPS) is 10.6. The first-order valence-corrected chi connectivity index (χ1v) is 8.98. The zero-order valence-electron chi connectivity index (χ0n) is 14.5. The molecule has 1 heterocycles. The van der Waals surface area contributed by atoms with E-state index in [1.807, 2.05) is 40.8 Å². The minimum Gasteiger partial charge on any atom is -0.316 e. The minimum absolute atomic E-state index is 0.133. The van der Waals surface area contributed by atoms with Crippen molar-refractivity contribution in [3.05, 3.63) is 83.8 Å². The molecule has 1 amide bonds. The van der Waals surface area contributed by atoms with Crippen LogP contribution < -0.4 is 10.9 Å². The van der Waals surface area contributed by atoms with Crippen LogP contribution >= 0.6 is 22.6 Å². The Kier molecular flexibility index (Phi) is 5.13. The number of nitro benzene ring substituents is 1. The van der Waals surface area contributed by atoms with Crippen molar-refractivity contribution in [3.63, 3.8) is 0 Å². The van der Waals surface area contributed by atoms with Gasteiger partial charge in [0.1, 0.15) is 5.69 Å². The van der Waals surface area contributed by atoms with E-state index < -0.39 is 10.8 Å². The maximum atomic E-state index is 12.9. The van der Waals surface area contributed by atoms with E-state index in [2.05, 4.69) is 5.32 Å². The summed E-state index contributed by atoms with van der Waals surface area (Å²) in [6.45, 7) is 1.72. The summed E-state index contributed by atoms with van der Waals surface area (Å²) in [4.78, 5) is 35.9. The van der Waals surface area contributed by atoms with E-state index >= 15 is 0 Å². The van der Waals surface area contributed by atoms with Gasteiger partial charge in [0.15, 0.2) is 0 Å². The van der Waals surface area contributed by atoms with Gasteiger partial charge >= 0.3 is 0 Å². The van der Waals surface area contributed by atoms with Gasteiger partial charge in [-0.25, -0.2) is 4.68 Å². The third-order valence-corrected chi connectivity index (χ3v) is 5.14. The van der Waals surface area contributed by atoms with Crippen LogP contribution in [0.1, 0.15) is 16.1 Å². The van der Waals surface area contributed by atoms with Crippen LogP contribution in [0.3, 0.4) is 0 Å². The van der Waals surface area contributed by atoms with Crippen LogP contribution in [0.2, 0.25) is 0 Å². The fraction of sp³-hybridized carbons (Fsp3) is 0.111. The lowest BCUT2D eigenvalue weighted by Gasteiger charge is -2.07. The van der Waals surface area contributed by atoms with Gasteiger partial charge in [-0.2, -0.15) is 0 Å². The number of carbonyl (C=O) groups is 1. The highest BCUT2D eigenvalue weighted by molar-refractivity contribution is 14.1. The average Bonchev–Trinajstić information content (AvgIpc) is 2.86. The van der Waals surface area contributed by atoms with Gasteiger partial charge in [0.25, 0.3) is 17.2 Å². The fourth-order valence-electron chi connectivity index (χ4n) is 2.69. The van der Waals surface area contributed by atoms with Gasteiger partial charge in [-0.15, -0.1) is 0 Å². The van der Waals surface area contributed by atoms with Crippen molar-refractivity contribution in [2.24, 2.45) is 7.05 Å². The number of carbonyl (C=O) groups excluding carboxylic acids is 1. The fourth-order valence-corrected chi connectivity index (χ4v) is 3.27. The first kappa shape index (κ1) is 18.8. The van der Waals surface area contributed by atoms with E-state index in [9.17, 15) is 19.7 Å². The number of hydrogen-bond donors (Lipinski definition) is 1. The summed E-state index contributed by atoms with van der Waals surface area (Å²) < 4.78 is 3.64. The Bertz CT molecular complexity index is 1100. The Labute approximate surface area is 167 Å². The number of anilines is 1. The molecule has 2 aromatic carbocycles. The van der Waals surface area contributed by atoms with Gasteiger partial charge < -0.3 is 5.32 Å². The molecular weight excluding hydrogens is 463 g/mol. The number of halogens is 1. The molecule has 8 nitrogen and oxygen atoms in total. The number of amides is 1. The minimum atomic E-state index is -0.575. The van der Waals surface area contributed by atoms with Crippen molar-refractivity contribution in [2.75, 3.05) is 5.32 Å². The largest absolute Gasteiger partial charge is 0.316 e. The van der Waals surface area contributed by atoms with Crippen molar-refractivity contribution < 1.29 is 9.72 Å². The van der Waals surface area contributed by atoms with Crippen molar-refractivity contribution in [1.29, 1.82) is 0 Å². The van der Waals surface area contributed by atoms with Crippen molar-refractivity contribution in [3.8, 4) is 5.69 Å². The number of benzene rings is 2. The van der Waals surface area contributed by atoms with Gasteiger partial charge in [-0.3, -0.25) is 24.4 Å². The van der Waals surface area contributed by atoms with Gasteiger partial charge in [0.05, 0.1) is 21.9 Å². The molecule has 0 unspecified atom stereocenters. The second-order valence-electron chi connectivity index (χ2n) is 5.81. The van der Waals surface area contributed by atoms with Crippen LogP contribution in [0.25, 0.3) is 5.69 Å². The van der Waals surface area contributed by atoms with E-state index in [4.69, 9.17) is 0 Å². The predicted octanol–water partition coefficient (Wildman–Crippen LogP) is 3.25. The Balaban J connectivity index is 2.02. The van der Waals surface area contributed by atoms with E-state index in [-0.39, 0.29) is 22.5 Å². The average molecular weight is 478 g/mol. The number of aromatic nitrogens is 2. The molecule has 0 aliphatic heterocycles. The summed E-state index contributed by atoms with van der Waals surface area (Å²) in [5.74, 6) is -0.575. The van der Waals surface area contributed by atoms with E-state index in [1.54, 1.807) is 30.8 Å². The first-order chi connectivity index (χ1) is 12.8. The van der Waals surface area contributed by atoms with E-state index in [0.29, 0.717) is 15.0 Å². The lowest BCUT2D eigenvalue weighted by Crippen LogP contribution is -2.23. The smallest absolute Gasteiger partial charge is 0.295 e. The van der Waals surface area contributed by atoms with Crippen LogP contribution in [0, 0.1) is 20.6 Å². The van der Waals surface area contributed by atoms with E-state index in [0.717, 1.165) is 0 Å². The second kappa shape index (κ2) is 7.35. The monoisotopic (exact) mass is 478 g/mol. The van der Waals surface area contributed by atoms with Crippen LogP contribution in [0.15, 0.2) is 53.3 Å². The molecule has 0 saturated carbocycles. The Morgan fingerprint density at radius 2 is 1.85 bits per heavy atom. The molecule has 0 atom stereocenters. The number of nitrogens with zero attached hydrogens (tertiary/aromatic N) is 3. The Hall–Kier alpha value is -2.95. The lowest BCUT2D eigenvalue weighted by atomic mass is 10.2. The van der Waals surface area contributed by atoms with Gasteiger partial charge in [0, 0.05) is 22.8 Å². The number of non-ortho nitro benzene ring substituents is 1. The molecule has 138 valence electrons. The zero-order chi connectivity index (χ0) is 19.7. The first-order valence-electron chi connectivity index (χ1n) is 7.90. The van der Waals surface area contributed by atoms with Gasteiger partial charge in [-0.1, -0.05) is 18.2 Å². The van der Waals surface area contributed by atoms with Crippen molar-refractivity contribution in [1.82, 2.24) is 9.36 Å². The molecule has 0 spiro atoms. The molecule has 3 aromatic rings. The topological polar surface area (TPSA) is 99.2 Å². The molecular formula is C18H15IN4O4. The van der Waals surface area contributed by atoms with Crippen LogP contribution in [-0.4, -0.2) is 20.2 Å². The molecule has 1 aromatic heterocycles. The quantitative estimate of drug-likeness (QED) is 0.354. The van der Waals surface area contributed by atoms with Crippen LogP contribution in [-0.2, 0) is 7.05 Å². The number of nitrogens with one attached hydrogen (secondary N) is 1. The van der Waals surface area contributed by atoms with E-state index in [1.165, 1.54) is 22.9 Å².